The van der Waals surface area contributed by atoms with Crippen LogP contribution in [0.15, 0.2) is 42.5 Å². The summed E-state index contributed by atoms with van der Waals surface area (Å²) in [5.74, 6) is -1.44. The summed E-state index contributed by atoms with van der Waals surface area (Å²) in [7, 11) is 0. The van der Waals surface area contributed by atoms with Crippen LogP contribution in [0, 0.1) is 0 Å². The van der Waals surface area contributed by atoms with E-state index < -0.39 is 29.9 Å². The van der Waals surface area contributed by atoms with Gasteiger partial charge < -0.3 is 16.0 Å². The fourth-order valence-electron chi connectivity index (χ4n) is 4.22. The Labute approximate surface area is 190 Å². The van der Waals surface area contributed by atoms with Crippen LogP contribution in [0.1, 0.15) is 41.8 Å². The van der Waals surface area contributed by atoms with Crippen LogP contribution in [0.25, 0.3) is 0 Å². The van der Waals surface area contributed by atoms with E-state index in [0.717, 1.165) is 16.0 Å². The smallest absolute Gasteiger partial charge is 0.325 e. The number of carbonyl (C=O) groups is 4. The fourth-order valence-corrected chi connectivity index (χ4v) is 4.40. The maximum atomic E-state index is 13.2. The van der Waals surface area contributed by atoms with Crippen LogP contribution >= 0.6 is 11.6 Å². The standard InChI is InChI=1S/C23H23ClN4O4/c1-13(2)25-20(30)16-8-7-15(24)11-18(16)26-19(29)12-28-21(31)23(27-22(28)32)10-9-14-5-3-4-6-17(14)23/h3-8,11,13H,9-10,12H2,1-2H3,(H,25,30)(H,26,29)(H,27,32)/t23-/m1/s1. The third kappa shape index (κ3) is 3.82. The van der Waals surface area contributed by atoms with Crippen molar-refractivity contribution in [3.8, 4) is 0 Å². The molecule has 2 aliphatic rings. The minimum atomic E-state index is -1.13. The molecule has 0 aromatic heterocycles. The summed E-state index contributed by atoms with van der Waals surface area (Å²) < 4.78 is 0. The molecule has 1 atom stereocenters. The Balaban J connectivity index is 1.52. The second-order valence-electron chi connectivity index (χ2n) is 8.25. The number of urea groups is 1. The number of benzene rings is 2. The SMILES string of the molecule is CC(C)NC(=O)c1ccc(Cl)cc1NC(=O)CN1C(=O)N[C@@]2(CCc3ccccc32)C1=O. The molecule has 1 heterocycles. The van der Waals surface area contributed by atoms with Crippen molar-refractivity contribution in [3.63, 3.8) is 0 Å². The molecule has 3 N–H and O–H groups in total. The summed E-state index contributed by atoms with van der Waals surface area (Å²) in [6, 6.07) is 11.3. The number of imide groups is 1. The molecule has 5 amide bonds. The monoisotopic (exact) mass is 454 g/mol. The summed E-state index contributed by atoms with van der Waals surface area (Å²) in [6.07, 6.45) is 1.11. The van der Waals surface area contributed by atoms with Crippen molar-refractivity contribution >= 4 is 41.0 Å². The number of fused-ring (bicyclic) bond motifs is 2. The van der Waals surface area contributed by atoms with Crippen LogP contribution < -0.4 is 16.0 Å². The lowest BCUT2D eigenvalue weighted by atomic mass is 9.92. The van der Waals surface area contributed by atoms with Gasteiger partial charge in [0.2, 0.25) is 5.91 Å². The average Bonchev–Trinajstić information content (AvgIpc) is 3.21. The minimum Gasteiger partial charge on any atom is -0.350 e. The third-order valence-electron chi connectivity index (χ3n) is 5.64. The van der Waals surface area contributed by atoms with E-state index >= 15 is 0 Å². The Kier molecular flexibility index (Phi) is 5.64. The summed E-state index contributed by atoms with van der Waals surface area (Å²) in [6.45, 7) is 3.16. The highest BCUT2D eigenvalue weighted by molar-refractivity contribution is 6.31. The first kappa shape index (κ1) is 21.8. The predicted molar refractivity (Wildman–Crippen MR) is 119 cm³/mol. The highest BCUT2D eigenvalue weighted by atomic mass is 35.5. The van der Waals surface area contributed by atoms with Gasteiger partial charge >= 0.3 is 6.03 Å². The number of hydrogen-bond donors (Lipinski definition) is 3. The molecule has 1 fully saturated rings. The molecule has 0 saturated carbocycles. The van der Waals surface area contributed by atoms with Crippen LogP contribution in [0.2, 0.25) is 5.02 Å². The number of hydrogen-bond acceptors (Lipinski definition) is 4. The molecular weight excluding hydrogens is 432 g/mol. The normalized spacial score (nSPS) is 19.3. The Bertz CT molecular complexity index is 1130. The van der Waals surface area contributed by atoms with E-state index in [0.29, 0.717) is 17.9 Å². The zero-order chi connectivity index (χ0) is 23.0. The van der Waals surface area contributed by atoms with Crippen molar-refractivity contribution in [2.75, 3.05) is 11.9 Å². The molecule has 32 heavy (non-hydrogen) atoms. The number of nitrogens with one attached hydrogen (secondary N) is 3. The van der Waals surface area contributed by atoms with Gasteiger partial charge in [-0.1, -0.05) is 35.9 Å². The van der Waals surface area contributed by atoms with Gasteiger partial charge in [-0.2, -0.15) is 0 Å². The van der Waals surface area contributed by atoms with Crippen molar-refractivity contribution in [3.05, 3.63) is 64.2 Å². The van der Waals surface area contributed by atoms with Gasteiger partial charge in [-0.25, -0.2) is 4.79 Å². The van der Waals surface area contributed by atoms with Crippen LogP contribution in [-0.4, -0.2) is 41.2 Å². The Morgan fingerprint density at radius 1 is 1.19 bits per heavy atom. The molecule has 9 heteroatoms. The Morgan fingerprint density at radius 2 is 1.94 bits per heavy atom. The van der Waals surface area contributed by atoms with Crippen molar-refractivity contribution < 1.29 is 19.2 Å². The first-order chi connectivity index (χ1) is 15.2. The Morgan fingerprint density at radius 3 is 2.69 bits per heavy atom. The number of aryl methyl sites for hydroxylation is 1. The molecule has 0 bridgehead atoms. The first-order valence-electron chi connectivity index (χ1n) is 10.3. The molecule has 1 spiro atoms. The van der Waals surface area contributed by atoms with E-state index in [1.165, 1.54) is 12.1 Å². The molecule has 1 saturated heterocycles. The third-order valence-corrected chi connectivity index (χ3v) is 5.88. The van der Waals surface area contributed by atoms with Crippen LogP contribution in [0.5, 0.6) is 0 Å². The largest absolute Gasteiger partial charge is 0.350 e. The quantitative estimate of drug-likeness (QED) is 0.604. The zero-order valence-electron chi connectivity index (χ0n) is 17.7. The molecule has 4 rings (SSSR count). The molecular formula is C23H23ClN4O4. The second-order valence-corrected chi connectivity index (χ2v) is 8.69. The fraction of sp³-hybridized carbons (Fsp3) is 0.304. The van der Waals surface area contributed by atoms with E-state index in [2.05, 4.69) is 16.0 Å². The molecule has 0 unspecified atom stereocenters. The highest BCUT2D eigenvalue weighted by Gasteiger charge is 2.55. The van der Waals surface area contributed by atoms with Crippen LogP contribution in [0.4, 0.5) is 10.5 Å². The number of amides is 5. The second kappa shape index (κ2) is 8.27. The van der Waals surface area contributed by atoms with E-state index in [1.54, 1.807) is 6.07 Å². The Hall–Kier alpha value is -3.39. The minimum absolute atomic E-state index is 0.0990. The first-order valence-corrected chi connectivity index (χ1v) is 10.7. The lowest BCUT2D eigenvalue weighted by Gasteiger charge is -2.22. The van der Waals surface area contributed by atoms with Gasteiger partial charge in [-0.05, 0) is 56.0 Å². The van der Waals surface area contributed by atoms with Gasteiger partial charge in [0.15, 0.2) is 0 Å². The lowest BCUT2D eigenvalue weighted by Crippen LogP contribution is -2.43. The van der Waals surface area contributed by atoms with E-state index in [1.807, 2.05) is 38.1 Å². The summed E-state index contributed by atoms with van der Waals surface area (Å²) in [4.78, 5) is 52.0. The van der Waals surface area contributed by atoms with Crippen molar-refractivity contribution in [2.24, 2.45) is 0 Å². The van der Waals surface area contributed by atoms with Crippen LogP contribution in [-0.2, 0) is 21.5 Å². The van der Waals surface area contributed by atoms with Gasteiger partial charge in [-0.15, -0.1) is 0 Å². The van der Waals surface area contributed by atoms with E-state index in [9.17, 15) is 19.2 Å². The summed E-state index contributed by atoms with van der Waals surface area (Å²) in [5, 5.41) is 8.49. The van der Waals surface area contributed by atoms with E-state index in [4.69, 9.17) is 11.6 Å². The average molecular weight is 455 g/mol. The predicted octanol–water partition coefficient (Wildman–Crippen LogP) is 2.81. The lowest BCUT2D eigenvalue weighted by molar-refractivity contribution is -0.134. The van der Waals surface area contributed by atoms with Gasteiger partial charge in [0.05, 0.1) is 11.3 Å². The number of nitrogens with zero attached hydrogens (tertiary/aromatic N) is 1. The molecule has 0 radical (unpaired) electrons. The van der Waals surface area contributed by atoms with Gasteiger partial charge in [-0.3, -0.25) is 19.3 Å². The van der Waals surface area contributed by atoms with Crippen molar-refractivity contribution in [1.82, 2.24) is 15.5 Å². The van der Waals surface area contributed by atoms with Crippen LogP contribution in [0.3, 0.4) is 0 Å². The molecule has 1 aliphatic carbocycles. The summed E-state index contributed by atoms with van der Waals surface area (Å²) >= 11 is 6.05. The van der Waals surface area contributed by atoms with Gasteiger partial charge in [0.1, 0.15) is 12.1 Å². The molecule has 2 aromatic rings. The van der Waals surface area contributed by atoms with Gasteiger partial charge in [0, 0.05) is 11.1 Å². The number of anilines is 1. The zero-order valence-corrected chi connectivity index (χ0v) is 18.5. The number of carbonyl (C=O) groups excluding carboxylic acids is 4. The summed E-state index contributed by atoms with van der Waals surface area (Å²) in [5.41, 5.74) is 1.08. The number of rotatable bonds is 5. The van der Waals surface area contributed by atoms with Crippen molar-refractivity contribution in [1.29, 1.82) is 0 Å². The van der Waals surface area contributed by atoms with E-state index in [-0.39, 0.29) is 23.2 Å². The molecule has 1 aliphatic heterocycles. The molecule has 8 nitrogen and oxygen atoms in total. The maximum absolute atomic E-state index is 13.2. The van der Waals surface area contributed by atoms with Crippen molar-refractivity contribution in [2.45, 2.75) is 38.3 Å². The maximum Gasteiger partial charge on any atom is 0.325 e. The topological polar surface area (TPSA) is 108 Å². The number of halogens is 1. The van der Waals surface area contributed by atoms with Gasteiger partial charge in [0.25, 0.3) is 11.8 Å². The molecule has 166 valence electrons. The highest BCUT2D eigenvalue weighted by Crippen LogP contribution is 2.41. The molecule has 2 aromatic carbocycles.